The van der Waals surface area contributed by atoms with Crippen LogP contribution in [0, 0.1) is 3.57 Å². The van der Waals surface area contributed by atoms with E-state index >= 15 is 0 Å². The zero-order valence-corrected chi connectivity index (χ0v) is 16.7. The largest absolute Gasteiger partial charge is 0.489 e. The summed E-state index contributed by atoms with van der Waals surface area (Å²) in [5, 5.41) is 13.1. The molecule has 2 rings (SSSR count). The highest BCUT2D eigenvalue weighted by Crippen LogP contribution is 2.31. The number of hydrogen-bond acceptors (Lipinski definition) is 4. The summed E-state index contributed by atoms with van der Waals surface area (Å²) >= 11 is 14.1. The minimum absolute atomic E-state index is 0.0294. The highest BCUT2D eigenvalue weighted by molar-refractivity contribution is 14.1. The van der Waals surface area contributed by atoms with Gasteiger partial charge in [-0.25, -0.2) is 0 Å². The van der Waals surface area contributed by atoms with E-state index in [2.05, 4.69) is 27.9 Å². The van der Waals surface area contributed by atoms with Crippen LogP contribution in [0.1, 0.15) is 0 Å². The van der Waals surface area contributed by atoms with E-state index in [1.165, 1.54) is 0 Å². The summed E-state index contributed by atoms with van der Waals surface area (Å²) in [5.41, 5.74) is 0. The molecule has 1 unspecified atom stereocenters. The molecule has 1 amide bonds. The van der Waals surface area contributed by atoms with Crippen LogP contribution in [0.5, 0.6) is 11.5 Å². The maximum atomic E-state index is 11.7. The van der Waals surface area contributed by atoms with Gasteiger partial charge in [-0.3, -0.25) is 4.79 Å². The van der Waals surface area contributed by atoms with E-state index in [1.807, 2.05) is 12.1 Å². The number of hydrogen-bond donors (Lipinski definition) is 2. The van der Waals surface area contributed by atoms with E-state index in [1.54, 1.807) is 30.3 Å². The lowest BCUT2D eigenvalue weighted by Gasteiger charge is -2.14. The summed E-state index contributed by atoms with van der Waals surface area (Å²) in [5.74, 6) is 0.648. The van der Waals surface area contributed by atoms with Gasteiger partial charge in [0.2, 0.25) is 0 Å². The molecule has 0 aliphatic carbocycles. The molecule has 0 radical (unpaired) electrons. The fraction of sp³-hybridized carbons (Fsp3) is 0.235. The molecule has 0 saturated heterocycles. The minimum atomic E-state index is -0.891. The molecule has 0 aliphatic heterocycles. The standard InChI is InChI=1S/C17H16Cl2INO4/c18-14-2-1-3-15(17(14)19)25-9-12(22)8-21-16(23)10-24-13-6-4-11(20)5-7-13/h1-7,12,22H,8-10H2,(H,21,23). The molecule has 0 spiro atoms. The van der Waals surface area contributed by atoms with Crippen molar-refractivity contribution in [2.75, 3.05) is 19.8 Å². The fourth-order valence-corrected chi connectivity index (χ4v) is 2.51. The molecule has 0 bridgehead atoms. The molecule has 0 saturated carbocycles. The van der Waals surface area contributed by atoms with Crippen LogP contribution < -0.4 is 14.8 Å². The van der Waals surface area contributed by atoms with Crippen LogP contribution in [0.15, 0.2) is 42.5 Å². The lowest BCUT2D eigenvalue weighted by atomic mass is 10.3. The summed E-state index contributed by atoms with van der Waals surface area (Å²) in [6.07, 6.45) is -0.891. The Morgan fingerprint density at radius 1 is 1.16 bits per heavy atom. The maximum absolute atomic E-state index is 11.7. The Morgan fingerprint density at radius 2 is 1.88 bits per heavy atom. The number of amides is 1. The predicted molar refractivity (Wildman–Crippen MR) is 106 cm³/mol. The molecule has 5 nitrogen and oxygen atoms in total. The second-order valence-corrected chi connectivity index (χ2v) is 7.09. The third-order valence-electron chi connectivity index (χ3n) is 3.07. The second kappa shape index (κ2) is 10.1. The Bertz CT molecular complexity index is 712. The van der Waals surface area contributed by atoms with Crippen molar-refractivity contribution in [3.05, 3.63) is 56.1 Å². The number of carbonyl (C=O) groups is 1. The average Bonchev–Trinajstić information content (AvgIpc) is 2.60. The van der Waals surface area contributed by atoms with Gasteiger partial charge in [0.05, 0.1) is 5.02 Å². The molecule has 2 N–H and O–H groups in total. The number of carbonyl (C=O) groups excluding carboxylic acids is 1. The number of benzene rings is 2. The van der Waals surface area contributed by atoms with Gasteiger partial charge in [-0.05, 0) is 59.0 Å². The third kappa shape index (κ3) is 6.89. The molecule has 134 valence electrons. The second-order valence-electron chi connectivity index (χ2n) is 5.06. The Morgan fingerprint density at radius 3 is 2.60 bits per heavy atom. The summed E-state index contributed by atoms with van der Waals surface area (Å²) < 4.78 is 11.8. The highest BCUT2D eigenvalue weighted by Gasteiger charge is 2.11. The smallest absolute Gasteiger partial charge is 0.258 e. The van der Waals surface area contributed by atoms with E-state index in [-0.39, 0.29) is 30.7 Å². The van der Waals surface area contributed by atoms with E-state index in [0.717, 1.165) is 3.57 Å². The van der Waals surface area contributed by atoms with Gasteiger partial charge in [-0.15, -0.1) is 0 Å². The van der Waals surface area contributed by atoms with Crippen molar-refractivity contribution in [1.29, 1.82) is 0 Å². The molecule has 2 aromatic rings. The topological polar surface area (TPSA) is 67.8 Å². The van der Waals surface area contributed by atoms with E-state index in [4.69, 9.17) is 32.7 Å². The van der Waals surface area contributed by atoms with E-state index < -0.39 is 6.10 Å². The number of nitrogens with one attached hydrogen (secondary N) is 1. The fourth-order valence-electron chi connectivity index (χ4n) is 1.80. The first-order chi connectivity index (χ1) is 12.0. The normalized spacial score (nSPS) is 11.7. The molecular formula is C17H16Cl2INO4. The number of aliphatic hydroxyl groups excluding tert-OH is 1. The van der Waals surface area contributed by atoms with Gasteiger partial charge in [0, 0.05) is 10.1 Å². The van der Waals surface area contributed by atoms with Crippen LogP contribution in [-0.2, 0) is 4.79 Å². The summed E-state index contributed by atoms with van der Waals surface area (Å²) in [6.45, 7) is -0.125. The third-order valence-corrected chi connectivity index (χ3v) is 4.59. The summed E-state index contributed by atoms with van der Waals surface area (Å²) in [7, 11) is 0. The van der Waals surface area contributed by atoms with Crippen molar-refractivity contribution in [2.45, 2.75) is 6.10 Å². The molecule has 1 atom stereocenters. The van der Waals surface area contributed by atoms with Crippen LogP contribution in [0.2, 0.25) is 10.0 Å². The first-order valence-electron chi connectivity index (χ1n) is 7.35. The van der Waals surface area contributed by atoms with Crippen LogP contribution in [-0.4, -0.2) is 36.9 Å². The van der Waals surface area contributed by atoms with Crippen LogP contribution in [0.4, 0.5) is 0 Å². The maximum Gasteiger partial charge on any atom is 0.258 e. The van der Waals surface area contributed by atoms with Gasteiger partial charge in [0.15, 0.2) is 6.61 Å². The molecule has 0 aromatic heterocycles. The van der Waals surface area contributed by atoms with Crippen molar-refractivity contribution in [3.8, 4) is 11.5 Å². The number of halogens is 3. The van der Waals surface area contributed by atoms with Crippen molar-refractivity contribution in [3.63, 3.8) is 0 Å². The van der Waals surface area contributed by atoms with E-state index in [9.17, 15) is 9.90 Å². The molecule has 2 aromatic carbocycles. The lowest BCUT2D eigenvalue weighted by Crippen LogP contribution is -2.37. The van der Waals surface area contributed by atoms with Crippen molar-refractivity contribution in [1.82, 2.24) is 5.32 Å². The average molecular weight is 496 g/mol. The predicted octanol–water partition coefficient (Wildman–Crippen LogP) is 3.53. The first kappa shape index (κ1) is 20.1. The lowest BCUT2D eigenvalue weighted by molar-refractivity contribution is -0.123. The quantitative estimate of drug-likeness (QED) is 0.550. The SMILES string of the molecule is O=C(COc1ccc(I)cc1)NCC(O)COc1cccc(Cl)c1Cl. The van der Waals surface area contributed by atoms with Crippen molar-refractivity contribution >= 4 is 51.7 Å². The first-order valence-corrected chi connectivity index (χ1v) is 9.19. The Balaban J connectivity index is 1.68. The number of ether oxygens (including phenoxy) is 2. The van der Waals surface area contributed by atoms with Gasteiger partial charge in [-0.1, -0.05) is 29.3 Å². The van der Waals surface area contributed by atoms with E-state index in [0.29, 0.717) is 16.5 Å². The molecule has 0 aliphatic rings. The minimum Gasteiger partial charge on any atom is -0.489 e. The van der Waals surface area contributed by atoms with Gasteiger partial charge in [0.25, 0.3) is 5.91 Å². The number of rotatable bonds is 8. The molecule has 25 heavy (non-hydrogen) atoms. The molecular weight excluding hydrogens is 480 g/mol. The van der Waals surface area contributed by atoms with Crippen molar-refractivity contribution in [2.24, 2.45) is 0 Å². The number of aliphatic hydroxyl groups is 1. The van der Waals surface area contributed by atoms with Crippen molar-refractivity contribution < 1.29 is 19.4 Å². The van der Waals surface area contributed by atoms with Crippen LogP contribution >= 0.6 is 45.8 Å². The Labute approximate surface area is 169 Å². The van der Waals surface area contributed by atoms with Gasteiger partial charge >= 0.3 is 0 Å². The highest BCUT2D eigenvalue weighted by atomic mass is 127. The Kier molecular flexibility index (Phi) is 8.08. The monoisotopic (exact) mass is 495 g/mol. The molecule has 0 heterocycles. The molecule has 8 heteroatoms. The Hall–Kier alpha value is -1.22. The van der Waals surface area contributed by atoms with Crippen LogP contribution in [0.25, 0.3) is 0 Å². The van der Waals surface area contributed by atoms with Crippen LogP contribution in [0.3, 0.4) is 0 Å². The zero-order chi connectivity index (χ0) is 18.2. The zero-order valence-electron chi connectivity index (χ0n) is 13.0. The van der Waals surface area contributed by atoms with Gasteiger partial charge in [0.1, 0.15) is 29.2 Å². The summed E-state index contributed by atoms with van der Waals surface area (Å²) in [6, 6.07) is 12.3. The molecule has 0 fully saturated rings. The van der Waals surface area contributed by atoms with Gasteiger partial charge < -0.3 is 19.9 Å². The van der Waals surface area contributed by atoms with Gasteiger partial charge in [-0.2, -0.15) is 0 Å². The summed E-state index contributed by atoms with van der Waals surface area (Å²) in [4.78, 5) is 11.7.